The van der Waals surface area contributed by atoms with E-state index in [1.165, 1.54) is 12.4 Å². The lowest BCUT2D eigenvalue weighted by molar-refractivity contribution is -0.125. The van der Waals surface area contributed by atoms with Gasteiger partial charge in [0.25, 0.3) is 0 Å². The minimum absolute atomic E-state index is 0.116. The third kappa shape index (κ3) is 7.78. The van der Waals surface area contributed by atoms with Gasteiger partial charge >= 0.3 is 0 Å². The monoisotopic (exact) mass is 623 g/mol. The zero-order valence-electron chi connectivity index (χ0n) is 26.8. The van der Waals surface area contributed by atoms with Gasteiger partial charge in [0.2, 0.25) is 5.91 Å². The van der Waals surface area contributed by atoms with Crippen LogP contribution in [0.4, 0.5) is 17.2 Å². The summed E-state index contributed by atoms with van der Waals surface area (Å²) in [7, 11) is 1.57. The van der Waals surface area contributed by atoms with E-state index in [2.05, 4.69) is 32.2 Å². The zero-order valence-corrected chi connectivity index (χ0v) is 26.8. The van der Waals surface area contributed by atoms with Crippen LogP contribution in [0.5, 0.6) is 11.5 Å². The number of methoxy groups -OCH3 is 1. The number of hydrogen-bond donors (Lipinski definition) is 4. The maximum atomic E-state index is 12.1. The first kappa shape index (κ1) is 32.4. The maximum Gasteiger partial charge on any atom is 0.246 e. The van der Waals surface area contributed by atoms with Crippen molar-refractivity contribution in [3.63, 3.8) is 0 Å². The fourth-order valence-electron chi connectivity index (χ4n) is 5.46. The number of benzene rings is 2. The van der Waals surface area contributed by atoms with E-state index in [1.54, 1.807) is 38.1 Å². The predicted molar refractivity (Wildman–Crippen MR) is 180 cm³/mol. The van der Waals surface area contributed by atoms with E-state index >= 15 is 0 Å². The third-order valence-electron chi connectivity index (χ3n) is 7.93. The van der Waals surface area contributed by atoms with Crippen molar-refractivity contribution in [3.8, 4) is 11.5 Å². The Kier molecular flexibility index (Phi) is 9.81. The van der Waals surface area contributed by atoms with Crippen molar-refractivity contribution in [1.29, 1.82) is 5.41 Å². The van der Waals surface area contributed by atoms with Gasteiger partial charge in [-0.2, -0.15) is 0 Å². The van der Waals surface area contributed by atoms with Crippen molar-refractivity contribution in [2.45, 2.75) is 51.7 Å². The summed E-state index contributed by atoms with van der Waals surface area (Å²) >= 11 is 0. The largest absolute Gasteiger partial charge is 0.493 e. The average Bonchev–Trinajstić information content (AvgIpc) is 3.50. The van der Waals surface area contributed by atoms with Gasteiger partial charge in [-0.25, -0.2) is 9.97 Å². The highest BCUT2D eigenvalue weighted by Gasteiger charge is 2.28. The standard InChI is InChI=1S/C35H41N7O4/c1-6-33(43)42-14-12-26(20-42)46-32-17-27-30(18-31(32)45-5)39-21-40-34(27)41-29-10-8-23(16-28(29)35(3,4)44)15-24(36)11-13-37-25-9-7-22(2)38-19-25/h6-10,16-19,21,26,36-37,44H,1,11-15,20H2,2-5H3,(H,39,40,41). The summed E-state index contributed by atoms with van der Waals surface area (Å²) in [6, 6.07) is 13.4. The molecule has 4 aromatic rings. The van der Waals surface area contributed by atoms with E-state index in [0.717, 1.165) is 16.9 Å². The number of hydrogen-bond acceptors (Lipinski definition) is 10. The topological polar surface area (TPSA) is 146 Å². The quantitative estimate of drug-likeness (QED) is 0.111. The number of aromatic nitrogens is 3. The number of aliphatic hydroxyl groups is 1. The van der Waals surface area contributed by atoms with Gasteiger partial charge in [0.1, 0.15) is 18.2 Å². The summed E-state index contributed by atoms with van der Waals surface area (Å²) in [6.45, 7) is 10.7. The average molecular weight is 624 g/mol. The Morgan fingerprint density at radius 2 is 2.00 bits per heavy atom. The summed E-state index contributed by atoms with van der Waals surface area (Å²) in [5.74, 6) is 1.47. The van der Waals surface area contributed by atoms with Crippen LogP contribution in [0.2, 0.25) is 0 Å². The molecular weight excluding hydrogens is 582 g/mol. The molecule has 11 heteroatoms. The van der Waals surface area contributed by atoms with Crippen LogP contribution in [0.25, 0.3) is 10.9 Å². The van der Waals surface area contributed by atoms with Gasteiger partial charge < -0.3 is 35.5 Å². The molecule has 1 aliphatic rings. The molecule has 5 rings (SSSR count). The molecule has 0 spiro atoms. The smallest absolute Gasteiger partial charge is 0.246 e. The van der Waals surface area contributed by atoms with Crippen molar-refractivity contribution in [3.05, 3.63) is 84.5 Å². The number of ether oxygens (including phenoxy) is 2. The number of carbonyl (C=O) groups is 1. The Labute approximate surface area is 269 Å². The summed E-state index contributed by atoms with van der Waals surface area (Å²) in [5, 5.41) is 27.1. The van der Waals surface area contributed by atoms with E-state index in [-0.39, 0.29) is 12.0 Å². The van der Waals surface area contributed by atoms with Crippen LogP contribution in [-0.4, -0.2) is 69.4 Å². The second-order valence-electron chi connectivity index (χ2n) is 12.0. The SMILES string of the molecule is C=CC(=O)N1CCC(Oc2cc3c(Nc4ccc(CC(=N)CCNc5ccc(C)nc5)cc4C(C)(C)O)ncnc3cc2OC)C1. The number of nitrogens with zero attached hydrogens (tertiary/aromatic N) is 4. The number of anilines is 3. The van der Waals surface area contributed by atoms with Crippen molar-refractivity contribution < 1.29 is 19.4 Å². The first-order valence-electron chi connectivity index (χ1n) is 15.3. The van der Waals surface area contributed by atoms with E-state index in [1.807, 2.05) is 43.3 Å². The molecule has 1 atom stereocenters. The summed E-state index contributed by atoms with van der Waals surface area (Å²) in [4.78, 5) is 27.0. The van der Waals surface area contributed by atoms with Crippen molar-refractivity contribution in [2.24, 2.45) is 0 Å². The highest BCUT2D eigenvalue weighted by atomic mass is 16.5. The molecule has 0 aliphatic carbocycles. The van der Waals surface area contributed by atoms with E-state index in [9.17, 15) is 9.90 Å². The zero-order chi connectivity index (χ0) is 32.8. The number of pyridine rings is 1. The molecule has 0 saturated carbocycles. The van der Waals surface area contributed by atoms with Crippen molar-refractivity contribution >= 4 is 39.7 Å². The number of aryl methyl sites for hydroxylation is 1. The number of carbonyl (C=O) groups excluding carboxylic acids is 1. The molecule has 1 amide bonds. The van der Waals surface area contributed by atoms with Gasteiger partial charge in [-0.3, -0.25) is 9.78 Å². The Balaban J connectivity index is 1.34. The van der Waals surface area contributed by atoms with Gasteiger partial charge in [0, 0.05) is 66.5 Å². The van der Waals surface area contributed by atoms with Crippen molar-refractivity contribution in [1.82, 2.24) is 19.9 Å². The Hall–Kier alpha value is -5.03. The van der Waals surface area contributed by atoms with Gasteiger partial charge in [-0.15, -0.1) is 0 Å². The molecule has 0 bridgehead atoms. The number of amides is 1. The number of rotatable bonds is 13. The lowest BCUT2D eigenvalue weighted by Crippen LogP contribution is -2.29. The normalized spacial score (nSPS) is 14.6. The molecule has 0 radical (unpaired) electrons. The van der Waals surface area contributed by atoms with Crippen LogP contribution < -0.4 is 20.1 Å². The fraction of sp³-hybridized carbons (Fsp3) is 0.343. The predicted octanol–water partition coefficient (Wildman–Crippen LogP) is 5.54. The van der Waals surface area contributed by atoms with Crippen LogP contribution in [0.1, 0.15) is 43.5 Å². The molecule has 1 fully saturated rings. The van der Waals surface area contributed by atoms with E-state index < -0.39 is 5.60 Å². The molecule has 240 valence electrons. The van der Waals surface area contributed by atoms with E-state index in [0.29, 0.717) is 84.1 Å². The van der Waals surface area contributed by atoms with Gasteiger partial charge in [0.05, 0.1) is 36.7 Å². The molecule has 4 N–H and O–H groups in total. The Bertz CT molecular complexity index is 1730. The molecule has 1 aliphatic heterocycles. The van der Waals surface area contributed by atoms with Crippen LogP contribution in [0.15, 0.2) is 67.6 Å². The van der Waals surface area contributed by atoms with Crippen LogP contribution in [0.3, 0.4) is 0 Å². The molecule has 46 heavy (non-hydrogen) atoms. The lowest BCUT2D eigenvalue weighted by Gasteiger charge is -2.24. The van der Waals surface area contributed by atoms with Crippen molar-refractivity contribution in [2.75, 3.05) is 37.4 Å². The highest BCUT2D eigenvalue weighted by Crippen LogP contribution is 2.37. The molecule has 2 aromatic carbocycles. The van der Waals surface area contributed by atoms with E-state index in [4.69, 9.17) is 14.9 Å². The first-order valence-corrected chi connectivity index (χ1v) is 15.3. The third-order valence-corrected chi connectivity index (χ3v) is 7.93. The molecule has 1 saturated heterocycles. The summed E-state index contributed by atoms with van der Waals surface area (Å²) in [5.41, 5.74) is 4.24. The minimum Gasteiger partial charge on any atom is -0.493 e. The number of likely N-dealkylation sites (tertiary alicyclic amines) is 1. The second-order valence-corrected chi connectivity index (χ2v) is 12.0. The van der Waals surface area contributed by atoms with Gasteiger partial charge in [0.15, 0.2) is 11.5 Å². The van der Waals surface area contributed by atoms with Crippen LogP contribution >= 0.6 is 0 Å². The Morgan fingerprint density at radius 1 is 1.17 bits per heavy atom. The molecule has 11 nitrogen and oxygen atoms in total. The maximum absolute atomic E-state index is 12.1. The molecule has 3 heterocycles. The first-order chi connectivity index (χ1) is 22.0. The minimum atomic E-state index is -1.17. The van der Waals surface area contributed by atoms with Crippen LogP contribution in [0, 0.1) is 12.3 Å². The highest BCUT2D eigenvalue weighted by molar-refractivity contribution is 5.93. The van der Waals surface area contributed by atoms with Crippen LogP contribution in [-0.2, 0) is 16.8 Å². The number of nitrogens with one attached hydrogen (secondary N) is 3. The summed E-state index contributed by atoms with van der Waals surface area (Å²) in [6.07, 6.45) is 6.12. The fourth-order valence-corrected chi connectivity index (χ4v) is 5.46. The number of fused-ring (bicyclic) bond motifs is 1. The molecule has 2 aromatic heterocycles. The second kappa shape index (κ2) is 13.9. The van der Waals surface area contributed by atoms with Gasteiger partial charge in [-0.1, -0.05) is 18.7 Å². The lowest BCUT2D eigenvalue weighted by atomic mass is 9.92. The molecular formula is C35H41N7O4. The van der Waals surface area contributed by atoms with Gasteiger partial charge in [-0.05, 0) is 56.7 Å². The summed E-state index contributed by atoms with van der Waals surface area (Å²) < 4.78 is 11.9. The Morgan fingerprint density at radius 3 is 2.72 bits per heavy atom. The molecule has 1 unspecified atom stereocenters.